The van der Waals surface area contributed by atoms with Gasteiger partial charge < -0.3 is 5.32 Å². The monoisotopic (exact) mass is 283 g/mol. The van der Waals surface area contributed by atoms with Gasteiger partial charge in [-0.05, 0) is 0 Å². The van der Waals surface area contributed by atoms with Crippen molar-refractivity contribution in [2.75, 3.05) is 11.9 Å². The van der Waals surface area contributed by atoms with Crippen molar-refractivity contribution >= 4 is 16.5 Å². The zero-order valence-corrected chi connectivity index (χ0v) is 8.55. The summed E-state index contributed by atoms with van der Waals surface area (Å²) in [5.41, 5.74) is 0. The third-order valence-electron chi connectivity index (χ3n) is 1.46. The third kappa shape index (κ3) is 3.68. The predicted octanol–water partition coefficient (Wildman–Crippen LogP) is 2.87. The van der Waals surface area contributed by atoms with Crippen LogP contribution in [0.2, 0.25) is 0 Å². The Balaban J connectivity index is 2.63. The second-order valence-electron chi connectivity index (χ2n) is 2.83. The number of halogens is 7. The highest BCUT2D eigenvalue weighted by Gasteiger charge is 2.41. The van der Waals surface area contributed by atoms with Crippen LogP contribution in [0.3, 0.4) is 0 Å². The summed E-state index contributed by atoms with van der Waals surface area (Å²) in [5, 5.41) is 5.31. The Labute approximate surface area is 93.6 Å². The van der Waals surface area contributed by atoms with Gasteiger partial charge in [0.1, 0.15) is 0 Å². The molecular weight excluding hydrogens is 279 g/mol. The molecular formula is C6H4F7N3S. The van der Waals surface area contributed by atoms with Crippen LogP contribution in [0.25, 0.3) is 0 Å². The molecule has 0 aromatic carbocycles. The fraction of sp³-hybridized carbons (Fsp3) is 0.667. The first-order valence-electron chi connectivity index (χ1n) is 3.93. The van der Waals surface area contributed by atoms with E-state index in [9.17, 15) is 30.7 Å². The minimum absolute atomic E-state index is 0.0443. The Hall–Kier alpha value is -1.13. The van der Waals surface area contributed by atoms with Gasteiger partial charge in [0.05, 0.1) is 6.54 Å². The standard InChI is InChI=1S/C6H4F7N3S/c7-2(8)5(9,10)1-14-4-16-15-3(17-4)6(11,12)13/h2H,1H2,(H,14,16). The summed E-state index contributed by atoms with van der Waals surface area (Å²) >= 11 is -0.0443. The number of nitrogens with zero attached hydrogens (tertiary/aromatic N) is 2. The van der Waals surface area contributed by atoms with E-state index in [-0.39, 0.29) is 11.3 Å². The lowest BCUT2D eigenvalue weighted by Crippen LogP contribution is -2.34. The molecule has 0 aliphatic carbocycles. The molecule has 1 aromatic rings. The van der Waals surface area contributed by atoms with Crippen molar-refractivity contribution in [3.05, 3.63) is 5.01 Å². The normalized spacial score (nSPS) is 13.2. The van der Waals surface area contributed by atoms with E-state index in [4.69, 9.17) is 0 Å². The molecule has 1 aromatic heterocycles. The first-order chi connectivity index (χ1) is 7.63. The van der Waals surface area contributed by atoms with Crippen LogP contribution in [0.4, 0.5) is 35.9 Å². The fourth-order valence-corrected chi connectivity index (χ4v) is 1.29. The minimum atomic E-state index is -4.75. The van der Waals surface area contributed by atoms with Gasteiger partial charge in [-0.15, -0.1) is 10.2 Å². The van der Waals surface area contributed by atoms with Crippen LogP contribution in [0.15, 0.2) is 0 Å². The summed E-state index contributed by atoms with van der Waals surface area (Å²) in [7, 11) is 0. The molecule has 11 heteroatoms. The molecule has 0 saturated carbocycles. The van der Waals surface area contributed by atoms with Gasteiger partial charge in [-0.25, -0.2) is 8.78 Å². The van der Waals surface area contributed by atoms with Crippen molar-refractivity contribution in [1.29, 1.82) is 0 Å². The van der Waals surface area contributed by atoms with E-state index >= 15 is 0 Å². The number of hydrogen-bond acceptors (Lipinski definition) is 4. The first kappa shape index (κ1) is 13.9. The SMILES string of the molecule is FC(F)C(F)(F)CNc1nnc(C(F)(F)F)s1. The van der Waals surface area contributed by atoms with Crippen molar-refractivity contribution in [3.8, 4) is 0 Å². The summed E-state index contributed by atoms with van der Waals surface area (Å²) in [6.07, 6.45) is -8.66. The van der Waals surface area contributed by atoms with E-state index in [1.54, 1.807) is 5.32 Å². The third-order valence-corrected chi connectivity index (χ3v) is 2.39. The van der Waals surface area contributed by atoms with Crippen LogP contribution < -0.4 is 5.32 Å². The molecule has 17 heavy (non-hydrogen) atoms. The Morgan fingerprint density at radius 1 is 1.12 bits per heavy atom. The van der Waals surface area contributed by atoms with Crippen LogP contribution in [0.5, 0.6) is 0 Å². The maximum absolute atomic E-state index is 12.4. The molecule has 0 amide bonds. The highest BCUT2D eigenvalue weighted by atomic mass is 32.1. The zero-order chi connectivity index (χ0) is 13.3. The number of nitrogens with one attached hydrogen (secondary N) is 1. The molecule has 0 unspecified atom stereocenters. The van der Waals surface area contributed by atoms with Crippen LogP contribution in [0.1, 0.15) is 5.01 Å². The summed E-state index contributed by atoms with van der Waals surface area (Å²) in [5.74, 6) is -4.34. The van der Waals surface area contributed by atoms with Gasteiger partial charge in [0.15, 0.2) is 0 Å². The first-order valence-corrected chi connectivity index (χ1v) is 4.75. The van der Waals surface area contributed by atoms with E-state index < -0.39 is 35.2 Å². The molecule has 98 valence electrons. The van der Waals surface area contributed by atoms with Crippen molar-refractivity contribution in [2.24, 2.45) is 0 Å². The maximum atomic E-state index is 12.4. The lowest BCUT2D eigenvalue weighted by molar-refractivity contribution is -0.138. The van der Waals surface area contributed by atoms with Gasteiger partial charge in [-0.2, -0.15) is 22.0 Å². The number of anilines is 1. The predicted molar refractivity (Wildman–Crippen MR) is 44.4 cm³/mol. The summed E-state index contributed by atoms with van der Waals surface area (Å²) in [6, 6.07) is 0. The van der Waals surface area contributed by atoms with E-state index in [1.165, 1.54) is 0 Å². The topological polar surface area (TPSA) is 37.8 Å². The summed E-state index contributed by atoms with van der Waals surface area (Å²) in [4.78, 5) is 0. The van der Waals surface area contributed by atoms with Crippen LogP contribution in [0, 0.1) is 0 Å². The van der Waals surface area contributed by atoms with Gasteiger partial charge in [-0.1, -0.05) is 11.3 Å². The van der Waals surface area contributed by atoms with E-state index in [0.29, 0.717) is 0 Å². The second-order valence-corrected chi connectivity index (χ2v) is 3.80. The van der Waals surface area contributed by atoms with Crippen molar-refractivity contribution in [2.45, 2.75) is 18.5 Å². The number of hydrogen-bond donors (Lipinski definition) is 1. The summed E-state index contributed by atoms with van der Waals surface area (Å²) in [6.45, 7) is -1.52. The molecule has 0 spiro atoms. The molecule has 1 rings (SSSR count). The Morgan fingerprint density at radius 2 is 1.71 bits per heavy atom. The van der Waals surface area contributed by atoms with Gasteiger partial charge >= 0.3 is 18.5 Å². The van der Waals surface area contributed by atoms with Crippen LogP contribution in [-0.2, 0) is 6.18 Å². The smallest absolute Gasteiger partial charge is 0.354 e. The molecule has 0 radical (unpaired) electrons. The number of rotatable bonds is 4. The van der Waals surface area contributed by atoms with Crippen LogP contribution in [-0.4, -0.2) is 29.1 Å². The number of alkyl halides is 7. The van der Waals surface area contributed by atoms with Gasteiger partial charge in [0.25, 0.3) is 0 Å². The zero-order valence-electron chi connectivity index (χ0n) is 7.73. The van der Waals surface area contributed by atoms with Crippen molar-refractivity contribution < 1.29 is 30.7 Å². The molecule has 0 aliphatic rings. The van der Waals surface area contributed by atoms with Gasteiger partial charge in [-0.3, -0.25) is 0 Å². The second kappa shape index (κ2) is 4.63. The fourth-order valence-electron chi connectivity index (χ4n) is 0.680. The molecule has 0 aliphatic heterocycles. The van der Waals surface area contributed by atoms with E-state index in [0.717, 1.165) is 0 Å². The Morgan fingerprint density at radius 3 is 2.12 bits per heavy atom. The Kier molecular flexibility index (Phi) is 3.79. The average Bonchev–Trinajstić information content (AvgIpc) is 2.62. The molecule has 0 atom stereocenters. The lowest BCUT2D eigenvalue weighted by Gasteiger charge is -2.14. The molecule has 1 N–H and O–H groups in total. The highest BCUT2D eigenvalue weighted by molar-refractivity contribution is 7.15. The van der Waals surface area contributed by atoms with Crippen LogP contribution >= 0.6 is 11.3 Å². The van der Waals surface area contributed by atoms with Gasteiger partial charge in [0.2, 0.25) is 10.1 Å². The van der Waals surface area contributed by atoms with E-state index in [2.05, 4.69) is 10.2 Å². The largest absolute Gasteiger partial charge is 0.445 e. The van der Waals surface area contributed by atoms with Gasteiger partial charge in [0, 0.05) is 0 Å². The Bertz CT molecular complexity index is 374. The minimum Gasteiger partial charge on any atom is -0.354 e. The number of aromatic nitrogens is 2. The molecule has 0 fully saturated rings. The highest BCUT2D eigenvalue weighted by Crippen LogP contribution is 2.33. The van der Waals surface area contributed by atoms with Crippen molar-refractivity contribution in [1.82, 2.24) is 10.2 Å². The van der Waals surface area contributed by atoms with E-state index in [1.807, 2.05) is 0 Å². The van der Waals surface area contributed by atoms with Crippen molar-refractivity contribution in [3.63, 3.8) is 0 Å². The summed E-state index contributed by atoms with van der Waals surface area (Å²) < 4.78 is 84.3. The molecule has 0 saturated heterocycles. The molecule has 1 heterocycles. The molecule has 0 bridgehead atoms. The quantitative estimate of drug-likeness (QED) is 0.863. The average molecular weight is 283 g/mol. The lowest BCUT2D eigenvalue weighted by atomic mass is 10.3. The molecule has 3 nitrogen and oxygen atoms in total. The maximum Gasteiger partial charge on any atom is 0.445 e.